The molecule has 0 saturated heterocycles. The van der Waals surface area contributed by atoms with Crippen molar-refractivity contribution in [2.45, 2.75) is 40.7 Å². The minimum absolute atomic E-state index is 0.158. The van der Waals surface area contributed by atoms with E-state index in [-0.39, 0.29) is 5.91 Å². The number of furan rings is 1. The second kappa shape index (κ2) is 4.84. The molecule has 0 fully saturated rings. The van der Waals surface area contributed by atoms with Gasteiger partial charge in [-0.3, -0.25) is 9.48 Å². The molecule has 1 N–H and O–H groups in total. The van der Waals surface area contributed by atoms with E-state index < -0.39 is 0 Å². The van der Waals surface area contributed by atoms with E-state index in [0.29, 0.717) is 18.0 Å². The number of aromatic nitrogens is 2. The standard InChI is InChI=1S/C13H19N3O2/c1-5-7-14-12(17)11-8(3)10-9(4)16(6-2)15-13(10)18-11/h5-7H2,1-4H3,(H,14,17). The highest BCUT2D eigenvalue weighted by molar-refractivity contribution is 5.98. The number of hydrogen-bond acceptors (Lipinski definition) is 3. The number of hydrogen-bond donors (Lipinski definition) is 1. The van der Waals surface area contributed by atoms with Crippen molar-refractivity contribution < 1.29 is 9.21 Å². The first-order chi connectivity index (χ1) is 8.60. The summed E-state index contributed by atoms with van der Waals surface area (Å²) in [5, 5.41) is 8.12. The molecule has 0 atom stereocenters. The Labute approximate surface area is 106 Å². The number of aryl methyl sites for hydroxylation is 3. The molecule has 0 spiro atoms. The van der Waals surface area contributed by atoms with Crippen LogP contribution in [0.25, 0.3) is 11.1 Å². The number of amides is 1. The number of carbonyl (C=O) groups is 1. The zero-order valence-electron chi connectivity index (χ0n) is 11.3. The molecule has 0 aromatic carbocycles. The van der Waals surface area contributed by atoms with E-state index in [1.165, 1.54) is 0 Å². The molecule has 0 aliphatic heterocycles. The largest absolute Gasteiger partial charge is 0.431 e. The lowest BCUT2D eigenvalue weighted by Crippen LogP contribution is -2.24. The molecular formula is C13H19N3O2. The molecule has 2 aromatic rings. The molecule has 18 heavy (non-hydrogen) atoms. The van der Waals surface area contributed by atoms with Crippen LogP contribution < -0.4 is 5.32 Å². The maximum Gasteiger partial charge on any atom is 0.287 e. The number of carbonyl (C=O) groups excluding carboxylic acids is 1. The highest BCUT2D eigenvalue weighted by Gasteiger charge is 2.21. The van der Waals surface area contributed by atoms with E-state index in [2.05, 4.69) is 10.4 Å². The Balaban J connectivity index is 2.43. The van der Waals surface area contributed by atoms with Crippen molar-refractivity contribution in [3.05, 3.63) is 17.0 Å². The zero-order chi connectivity index (χ0) is 13.3. The van der Waals surface area contributed by atoms with E-state index in [0.717, 1.165) is 29.6 Å². The van der Waals surface area contributed by atoms with Gasteiger partial charge in [0.1, 0.15) is 0 Å². The molecular weight excluding hydrogens is 230 g/mol. The average Bonchev–Trinajstić information content (AvgIpc) is 2.85. The van der Waals surface area contributed by atoms with E-state index in [1.54, 1.807) is 0 Å². The van der Waals surface area contributed by atoms with E-state index >= 15 is 0 Å². The van der Waals surface area contributed by atoms with Gasteiger partial charge in [0, 0.05) is 24.3 Å². The van der Waals surface area contributed by atoms with Crippen LogP contribution in [0.5, 0.6) is 0 Å². The average molecular weight is 249 g/mol. The Bertz CT molecular complexity index is 581. The summed E-state index contributed by atoms with van der Waals surface area (Å²) in [7, 11) is 0. The molecule has 2 rings (SSSR count). The summed E-state index contributed by atoms with van der Waals surface area (Å²) >= 11 is 0. The van der Waals surface area contributed by atoms with Crippen molar-refractivity contribution in [2.24, 2.45) is 0 Å². The summed E-state index contributed by atoms with van der Waals surface area (Å²) < 4.78 is 7.46. The summed E-state index contributed by atoms with van der Waals surface area (Å²) in [5.74, 6) is 0.224. The fourth-order valence-electron chi connectivity index (χ4n) is 2.15. The number of fused-ring (bicyclic) bond motifs is 1. The molecule has 1 amide bonds. The quantitative estimate of drug-likeness (QED) is 0.905. The second-order valence-electron chi connectivity index (χ2n) is 4.39. The van der Waals surface area contributed by atoms with Crippen molar-refractivity contribution in [3.8, 4) is 0 Å². The minimum atomic E-state index is -0.158. The van der Waals surface area contributed by atoms with Crippen LogP contribution >= 0.6 is 0 Å². The van der Waals surface area contributed by atoms with Crippen LogP contribution in [0.2, 0.25) is 0 Å². The maximum absolute atomic E-state index is 11.9. The third-order valence-corrected chi connectivity index (χ3v) is 3.13. The molecule has 0 aliphatic rings. The molecule has 0 radical (unpaired) electrons. The van der Waals surface area contributed by atoms with E-state index in [4.69, 9.17) is 4.42 Å². The summed E-state index contributed by atoms with van der Waals surface area (Å²) in [4.78, 5) is 11.9. The van der Waals surface area contributed by atoms with Crippen molar-refractivity contribution in [3.63, 3.8) is 0 Å². The Kier molecular flexibility index (Phi) is 3.41. The van der Waals surface area contributed by atoms with Crippen LogP contribution in [0, 0.1) is 13.8 Å². The third-order valence-electron chi connectivity index (χ3n) is 3.13. The lowest BCUT2D eigenvalue weighted by atomic mass is 10.1. The van der Waals surface area contributed by atoms with Crippen molar-refractivity contribution >= 4 is 17.0 Å². The van der Waals surface area contributed by atoms with Gasteiger partial charge in [0.15, 0.2) is 5.76 Å². The van der Waals surface area contributed by atoms with E-state index in [1.807, 2.05) is 32.4 Å². The molecule has 98 valence electrons. The Hall–Kier alpha value is -1.78. The zero-order valence-corrected chi connectivity index (χ0v) is 11.3. The summed E-state index contributed by atoms with van der Waals surface area (Å²) in [6.07, 6.45) is 0.907. The minimum Gasteiger partial charge on any atom is -0.431 e. The number of nitrogens with one attached hydrogen (secondary N) is 1. The van der Waals surface area contributed by atoms with Crippen LogP contribution in [-0.4, -0.2) is 22.2 Å². The van der Waals surface area contributed by atoms with Gasteiger partial charge < -0.3 is 9.73 Å². The van der Waals surface area contributed by atoms with E-state index in [9.17, 15) is 4.79 Å². The van der Waals surface area contributed by atoms with Gasteiger partial charge in [-0.1, -0.05) is 6.92 Å². The fourth-order valence-corrected chi connectivity index (χ4v) is 2.15. The number of nitrogens with zero attached hydrogens (tertiary/aromatic N) is 2. The molecule has 0 unspecified atom stereocenters. The van der Waals surface area contributed by atoms with Gasteiger partial charge in [-0.15, -0.1) is 5.10 Å². The topological polar surface area (TPSA) is 60.1 Å². The van der Waals surface area contributed by atoms with Crippen LogP contribution in [0.1, 0.15) is 42.1 Å². The Morgan fingerprint density at radius 2 is 2.11 bits per heavy atom. The Morgan fingerprint density at radius 1 is 1.39 bits per heavy atom. The summed E-state index contributed by atoms with van der Waals surface area (Å²) in [6, 6.07) is 0. The monoisotopic (exact) mass is 249 g/mol. The Morgan fingerprint density at radius 3 is 2.67 bits per heavy atom. The summed E-state index contributed by atoms with van der Waals surface area (Å²) in [6.45, 7) is 9.40. The second-order valence-corrected chi connectivity index (χ2v) is 4.39. The van der Waals surface area contributed by atoms with Gasteiger partial charge in [-0.05, 0) is 27.2 Å². The fraction of sp³-hybridized carbons (Fsp3) is 0.538. The van der Waals surface area contributed by atoms with Crippen LogP contribution in [0.15, 0.2) is 4.42 Å². The van der Waals surface area contributed by atoms with Gasteiger partial charge in [-0.25, -0.2) is 0 Å². The first-order valence-electron chi connectivity index (χ1n) is 6.34. The molecule has 5 heteroatoms. The SMILES string of the molecule is CCCNC(=O)c1oc2nn(CC)c(C)c2c1C. The predicted molar refractivity (Wildman–Crippen MR) is 69.8 cm³/mol. The van der Waals surface area contributed by atoms with Gasteiger partial charge >= 0.3 is 0 Å². The molecule has 2 aromatic heterocycles. The van der Waals surface area contributed by atoms with Gasteiger partial charge in [-0.2, -0.15) is 0 Å². The molecule has 2 heterocycles. The van der Waals surface area contributed by atoms with Crippen molar-refractivity contribution in [1.29, 1.82) is 0 Å². The molecule has 0 bridgehead atoms. The lowest BCUT2D eigenvalue weighted by Gasteiger charge is -2.02. The first-order valence-corrected chi connectivity index (χ1v) is 6.34. The van der Waals surface area contributed by atoms with Gasteiger partial charge in [0.2, 0.25) is 5.71 Å². The third kappa shape index (κ3) is 1.89. The normalized spacial score (nSPS) is 11.1. The smallest absolute Gasteiger partial charge is 0.287 e. The summed E-state index contributed by atoms with van der Waals surface area (Å²) in [5.41, 5.74) is 2.47. The van der Waals surface area contributed by atoms with Crippen molar-refractivity contribution in [2.75, 3.05) is 6.54 Å². The predicted octanol–water partition coefficient (Wildman–Crippen LogP) is 2.41. The van der Waals surface area contributed by atoms with Crippen LogP contribution in [0.4, 0.5) is 0 Å². The van der Waals surface area contributed by atoms with Crippen molar-refractivity contribution in [1.82, 2.24) is 15.1 Å². The highest BCUT2D eigenvalue weighted by atomic mass is 16.4. The maximum atomic E-state index is 11.9. The van der Waals surface area contributed by atoms with Crippen LogP contribution in [-0.2, 0) is 6.54 Å². The van der Waals surface area contributed by atoms with Crippen LogP contribution in [0.3, 0.4) is 0 Å². The number of rotatable bonds is 4. The van der Waals surface area contributed by atoms with Gasteiger partial charge in [0.05, 0.1) is 5.39 Å². The molecule has 0 saturated carbocycles. The highest BCUT2D eigenvalue weighted by Crippen LogP contribution is 2.27. The first kappa shape index (κ1) is 12.7. The molecule has 5 nitrogen and oxygen atoms in total. The van der Waals surface area contributed by atoms with Gasteiger partial charge in [0.25, 0.3) is 5.91 Å². The lowest BCUT2D eigenvalue weighted by molar-refractivity contribution is 0.0927. The molecule has 0 aliphatic carbocycles.